The maximum atomic E-state index is 14.6. The lowest BCUT2D eigenvalue weighted by Gasteiger charge is -2.15. The first-order valence-electron chi connectivity index (χ1n) is 9.40. The Bertz CT molecular complexity index is 1360. The van der Waals surface area contributed by atoms with E-state index in [2.05, 4.69) is 25.5 Å². The minimum Gasteiger partial charge on any atom is -0.488 e. The average Bonchev–Trinajstić information content (AvgIpc) is 3.39. The van der Waals surface area contributed by atoms with Crippen molar-refractivity contribution in [1.29, 1.82) is 0 Å². The first-order chi connectivity index (χ1) is 14.7. The summed E-state index contributed by atoms with van der Waals surface area (Å²) in [7, 11) is 0. The molecule has 0 fully saturated rings. The number of benzene rings is 1. The lowest BCUT2D eigenvalue weighted by atomic mass is 10.0. The molecule has 0 saturated heterocycles. The fraction of sp³-hybridized carbons (Fsp3) is 0.143. The van der Waals surface area contributed by atoms with Crippen molar-refractivity contribution in [3.8, 4) is 22.8 Å². The fourth-order valence-electron chi connectivity index (χ4n) is 3.90. The largest absolute Gasteiger partial charge is 0.488 e. The number of nitrogens with one attached hydrogen (secondary N) is 1. The summed E-state index contributed by atoms with van der Waals surface area (Å²) in [4.78, 5) is 8.67. The van der Waals surface area contributed by atoms with Crippen molar-refractivity contribution in [3.05, 3.63) is 65.8 Å². The molecule has 2 aliphatic rings. The first-order valence-corrected chi connectivity index (χ1v) is 9.40. The first kappa shape index (κ1) is 16.9. The third kappa shape index (κ3) is 2.45. The second kappa shape index (κ2) is 6.24. The predicted octanol–water partition coefficient (Wildman–Crippen LogP) is 3.37. The number of nitrogens with zero attached hydrogens (tertiary/aromatic N) is 5. The number of anilines is 1. The highest BCUT2D eigenvalue weighted by molar-refractivity contribution is 5.81. The van der Waals surface area contributed by atoms with Gasteiger partial charge in [0, 0.05) is 35.0 Å². The summed E-state index contributed by atoms with van der Waals surface area (Å²) < 4.78 is 28.2. The van der Waals surface area contributed by atoms with Crippen molar-refractivity contribution < 1.29 is 13.9 Å². The lowest BCUT2D eigenvalue weighted by Crippen LogP contribution is -2.08. The quantitative estimate of drug-likeness (QED) is 0.522. The molecule has 4 aromatic rings. The van der Waals surface area contributed by atoms with Crippen LogP contribution in [0.1, 0.15) is 17.0 Å². The Morgan fingerprint density at radius 1 is 1.20 bits per heavy atom. The number of rotatable bonds is 1. The van der Waals surface area contributed by atoms with Crippen molar-refractivity contribution in [1.82, 2.24) is 24.6 Å². The van der Waals surface area contributed by atoms with Crippen LogP contribution in [0.2, 0.25) is 0 Å². The number of pyridine rings is 1. The van der Waals surface area contributed by atoms with Crippen molar-refractivity contribution in [2.24, 2.45) is 0 Å². The molecule has 3 aromatic heterocycles. The predicted molar refractivity (Wildman–Crippen MR) is 107 cm³/mol. The molecule has 5 heterocycles. The van der Waals surface area contributed by atoms with E-state index in [1.807, 2.05) is 19.1 Å². The molecule has 148 valence electrons. The van der Waals surface area contributed by atoms with Crippen molar-refractivity contribution in [2.45, 2.75) is 13.5 Å². The van der Waals surface area contributed by atoms with E-state index in [4.69, 9.17) is 9.47 Å². The van der Waals surface area contributed by atoms with Gasteiger partial charge in [-0.15, -0.1) is 10.2 Å². The number of aromatic nitrogens is 5. The van der Waals surface area contributed by atoms with Crippen LogP contribution in [0.5, 0.6) is 11.5 Å². The third-order valence-electron chi connectivity index (χ3n) is 5.27. The van der Waals surface area contributed by atoms with E-state index in [1.54, 1.807) is 29.3 Å². The van der Waals surface area contributed by atoms with Gasteiger partial charge in [0.25, 0.3) is 0 Å². The summed E-state index contributed by atoms with van der Waals surface area (Å²) >= 11 is 0. The molecule has 2 aliphatic heterocycles. The van der Waals surface area contributed by atoms with Crippen LogP contribution in [-0.2, 0) is 6.54 Å². The normalized spacial score (nSPS) is 16.1. The SMILES string of the molecule is Cc1nccc(-c2cc3c(n4cnnc24)NCc2c(F)ccc4c2/C(=C/O3)CO4)n1. The fourth-order valence-corrected chi connectivity index (χ4v) is 3.90. The summed E-state index contributed by atoms with van der Waals surface area (Å²) in [5.74, 6) is 2.17. The van der Waals surface area contributed by atoms with Crippen LogP contribution in [0.4, 0.5) is 10.2 Å². The van der Waals surface area contributed by atoms with E-state index < -0.39 is 0 Å². The molecule has 30 heavy (non-hydrogen) atoms. The van der Waals surface area contributed by atoms with E-state index >= 15 is 0 Å². The molecule has 1 aromatic carbocycles. The molecule has 0 aliphatic carbocycles. The van der Waals surface area contributed by atoms with Crippen LogP contribution in [0.15, 0.2) is 43.1 Å². The van der Waals surface area contributed by atoms with Crippen LogP contribution in [0.25, 0.3) is 22.5 Å². The number of fused-ring (bicyclic) bond motifs is 3. The van der Waals surface area contributed by atoms with Crippen molar-refractivity contribution >= 4 is 17.0 Å². The van der Waals surface area contributed by atoms with Gasteiger partial charge >= 0.3 is 0 Å². The molecule has 0 atom stereocenters. The maximum absolute atomic E-state index is 14.6. The Hall–Kier alpha value is -4.01. The summed E-state index contributed by atoms with van der Waals surface area (Å²) in [5.41, 5.74) is 4.13. The van der Waals surface area contributed by atoms with E-state index in [0.29, 0.717) is 46.7 Å². The van der Waals surface area contributed by atoms with Gasteiger partial charge in [-0.3, -0.25) is 4.40 Å². The summed E-state index contributed by atoms with van der Waals surface area (Å²) in [6.07, 6.45) is 4.91. The van der Waals surface area contributed by atoms with Crippen molar-refractivity contribution in [2.75, 3.05) is 11.9 Å². The van der Waals surface area contributed by atoms with Gasteiger partial charge in [0.15, 0.2) is 17.2 Å². The van der Waals surface area contributed by atoms with Gasteiger partial charge in [0.2, 0.25) is 0 Å². The third-order valence-corrected chi connectivity index (χ3v) is 5.27. The molecule has 0 saturated carbocycles. The molecule has 0 spiro atoms. The molecular formula is C21H15FN6O2. The summed E-state index contributed by atoms with van der Waals surface area (Å²) in [6.45, 7) is 2.41. The summed E-state index contributed by atoms with van der Waals surface area (Å²) in [6, 6.07) is 6.74. The molecular weight excluding hydrogens is 387 g/mol. The van der Waals surface area contributed by atoms with Gasteiger partial charge in [0.05, 0.1) is 12.0 Å². The van der Waals surface area contributed by atoms with Crippen LogP contribution < -0.4 is 14.8 Å². The lowest BCUT2D eigenvalue weighted by molar-refractivity contribution is 0.384. The highest BCUT2D eigenvalue weighted by Crippen LogP contribution is 2.40. The zero-order valence-electron chi connectivity index (χ0n) is 15.9. The minimum atomic E-state index is -0.297. The van der Waals surface area contributed by atoms with Gasteiger partial charge in [-0.2, -0.15) is 0 Å². The second-order valence-electron chi connectivity index (χ2n) is 7.09. The van der Waals surface area contributed by atoms with Gasteiger partial charge < -0.3 is 14.8 Å². The Labute approximate surface area is 170 Å². The van der Waals surface area contributed by atoms with Gasteiger partial charge in [-0.05, 0) is 31.2 Å². The zero-order chi connectivity index (χ0) is 20.2. The number of halogens is 1. The smallest absolute Gasteiger partial charge is 0.171 e. The molecule has 0 bridgehead atoms. The Morgan fingerprint density at radius 3 is 3.03 bits per heavy atom. The average molecular weight is 402 g/mol. The number of hydrogen-bond acceptors (Lipinski definition) is 7. The molecule has 0 radical (unpaired) electrons. The molecule has 0 amide bonds. The molecule has 9 heteroatoms. The number of ether oxygens (including phenoxy) is 2. The standard InChI is InChI=1S/C21H15FN6O2/c1-11-23-5-4-16(26-11)13-6-18-21(28-10-25-27-20(13)28)24-7-14-15(22)2-3-17-19(14)12(8-29-17)9-30-18/h2-6,9-10,24H,7-8H2,1H3/b12-9+. The highest BCUT2D eigenvalue weighted by atomic mass is 19.1. The van der Waals surface area contributed by atoms with E-state index in [-0.39, 0.29) is 12.4 Å². The molecule has 6 rings (SSSR count). The van der Waals surface area contributed by atoms with Gasteiger partial charge in [-0.1, -0.05) is 0 Å². The van der Waals surface area contributed by atoms with Gasteiger partial charge in [-0.25, -0.2) is 14.4 Å². The van der Waals surface area contributed by atoms with E-state index in [1.165, 1.54) is 6.07 Å². The van der Waals surface area contributed by atoms with E-state index in [0.717, 1.165) is 16.7 Å². The Balaban J connectivity index is 1.57. The number of aryl methyl sites for hydroxylation is 1. The molecule has 0 unspecified atom stereocenters. The van der Waals surface area contributed by atoms with Gasteiger partial charge in [0.1, 0.15) is 30.3 Å². The number of hydrogen-bond donors (Lipinski definition) is 1. The van der Waals surface area contributed by atoms with Crippen LogP contribution in [0.3, 0.4) is 0 Å². The monoisotopic (exact) mass is 402 g/mol. The topological polar surface area (TPSA) is 86.5 Å². The Morgan fingerprint density at radius 2 is 2.13 bits per heavy atom. The summed E-state index contributed by atoms with van der Waals surface area (Å²) in [5, 5.41) is 11.6. The highest BCUT2D eigenvalue weighted by Gasteiger charge is 2.27. The van der Waals surface area contributed by atoms with Crippen LogP contribution >= 0.6 is 0 Å². The zero-order valence-corrected chi connectivity index (χ0v) is 15.9. The Kier molecular flexibility index (Phi) is 3.52. The maximum Gasteiger partial charge on any atom is 0.171 e. The van der Waals surface area contributed by atoms with Crippen LogP contribution in [-0.4, -0.2) is 31.2 Å². The minimum absolute atomic E-state index is 0.255. The second-order valence-corrected chi connectivity index (χ2v) is 7.09. The van der Waals surface area contributed by atoms with E-state index in [9.17, 15) is 4.39 Å². The molecule has 1 N–H and O–H groups in total. The van der Waals surface area contributed by atoms with Crippen LogP contribution in [0, 0.1) is 12.7 Å². The van der Waals surface area contributed by atoms with Crippen molar-refractivity contribution in [3.63, 3.8) is 0 Å². The molecule has 8 nitrogen and oxygen atoms in total.